The standard InChI is InChI=1S/C32H38BrN3O4S/c1-3-4-18-35(24-30-11-7-19-34(30)23-26-12-15-29(33)16-13-26)32(37)25-36(20-8-21-40-2)41(38,39)31-17-14-27-9-5-6-10-28(27)22-31/h5-7,9-17,19,22H,3-4,8,18,20-21,23-25H2,1-2H3. The molecule has 1 heterocycles. The highest BCUT2D eigenvalue weighted by Crippen LogP contribution is 2.23. The van der Waals surface area contributed by atoms with Crippen LogP contribution in [0.1, 0.15) is 37.4 Å². The topological polar surface area (TPSA) is 71.9 Å². The van der Waals surface area contributed by atoms with Gasteiger partial charge in [0.1, 0.15) is 0 Å². The molecule has 9 heteroatoms. The van der Waals surface area contributed by atoms with Gasteiger partial charge in [0, 0.05) is 49.7 Å². The van der Waals surface area contributed by atoms with Crippen molar-refractivity contribution in [2.75, 3.05) is 33.4 Å². The number of nitrogens with zero attached hydrogens (tertiary/aromatic N) is 3. The summed E-state index contributed by atoms with van der Waals surface area (Å²) < 4.78 is 37.4. The molecule has 0 spiro atoms. The Morgan fingerprint density at radius 2 is 1.68 bits per heavy atom. The monoisotopic (exact) mass is 639 g/mol. The maximum Gasteiger partial charge on any atom is 0.243 e. The molecular formula is C32H38BrN3O4S. The number of unbranched alkanes of at least 4 members (excludes halogenated alkanes) is 1. The summed E-state index contributed by atoms with van der Waals surface area (Å²) in [4.78, 5) is 15.8. The second kappa shape index (κ2) is 14.8. The molecule has 0 saturated heterocycles. The summed E-state index contributed by atoms with van der Waals surface area (Å²) in [5.41, 5.74) is 2.16. The molecule has 0 atom stereocenters. The van der Waals surface area contributed by atoms with Crippen LogP contribution in [0.5, 0.6) is 0 Å². The Hall–Kier alpha value is -2.98. The average Bonchev–Trinajstić information content (AvgIpc) is 3.41. The molecular weight excluding hydrogens is 602 g/mol. The lowest BCUT2D eigenvalue weighted by molar-refractivity contribution is -0.132. The zero-order chi connectivity index (χ0) is 29.2. The van der Waals surface area contributed by atoms with Crippen LogP contribution in [-0.2, 0) is 32.6 Å². The number of methoxy groups -OCH3 is 1. The molecule has 0 N–H and O–H groups in total. The molecule has 4 rings (SSSR count). The van der Waals surface area contributed by atoms with Crippen LogP contribution in [0.4, 0.5) is 0 Å². The number of ether oxygens (including phenoxy) is 1. The largest absolute Gasteiger partial charge is 0.385 e. The molecule has 0 unspecified atom stereocenters. The Morgan fingerprint density at radius 1 is 0.927 bits per heavy atom. The van der Waals surface area contributed by atoms with Gasteiger partial charge >= 0.3 is 0 Å². The predicted octanol–water partition coefficient (Wildman–Crippen LogP) is 6.31. The van der Waals surface area contributed by atoms with E-state index in [2.05, 4.69) is 39.6 Å². The maximum atomic E-state index is 13.8. The SMILES string of the molecule is CCCCN(Cc1cccn1Cc1ccc(Br)cc1)C(=O)CN(CCCOC)S(=O)(=O)c1ccc2ccccc2c1. The highest BCUT2D eigenvalue weighted by atomic mass is 79.9. The molecule has 0 fully saturated rings. The fraction of sp³-hybridized carbons (Fsp3) is 0.344. The Morgan fingerprint density at radius 3 is 2.41 bits per heavy atom. The third-order valence-corrected chi connectivity index (χ3v) is 9.47. The van der Waals surface area contributed by atoms with Crippen molar-refractivity contribution in [2.24, 2.45) is 0 Å². The van der Waals surface area contributed by atoms with E-state index in [9.17, 15) is 13.2 Å². The zero-order valence-electron chi connectivity index (χ0n) is 23.7. The summed E-state index contributed by atoms with van der Waals surface area (Å²) in [7, 11) is -2.33. The second-order valence-electron chi connectivity index (χ2n) is 10.1. The van der Waals surface area contributed by atoms with Crippen molar-refractivity contribution in [1.29, 1.82) is 0 Å². The van der Waals surface area contributed by atoms with Gasteiger partial charge in [-0.25, -0.2) is 8.42 Å². The van der Waals surface area contributed by atoms with Crippen molar-refractivity contribution in [3.63, 3.8) is 0 Å². The Kier molecular flexibility index (Phi) is 11.2. The zero-order valence-corrected chi connectivity index (χ0v) is 26.1. The summed E-state index contributed by atoms with van der Waals surface area (Å²) in [6, 6.07) is 24.9. The number of rotatable bonds is 15. The van der Waals surface area contributed by atoms with E-state index in [0.717, 1.165) is 39.3 Å². The van der Waals surface area contributed by atoms with Crippen LogP contribution in [0.3, 0.4) is 0 Å². The molecule has 1 amide bonds. The Balaban J connectivity index is 1.56. The van der Waals surface area contributed by atoms with Crippen LogP contribution < -0.4 is 0 Å². The number of carbonyl (C=O) groups excluding carboxylic acids is 1. The summed E-state index contributed by atoms with van der Waals surface area (Å²) >= 11 is 3.48. The van der Waals surface area contributed by atoms with E-state index in [1.807, 2.05) is 60.8 Å². The van der Waals surface area contributed by atoms with Crippen LogP contribution in [0, 0.1) is 0 Å². The number of halogens is 1. The molecule has 0 aliphatic heterocycles. The smallest absolute Gasteiger partial charge is 0.243 e. The lowest BCUT2D eigenvalue weighted by Crippen LogP contribution is -2.43. The van der Waals surface area contributed by atoms with Gasteiger partial charge in [-0.15, -0.1) is 0 Å². The van der Waals surface area contributed by atoms with Crippen molar-refractivity contribution >= 4 is 42.6 Å². The first kappa shape index (κ1) is 31.0. The number of amides is 1. The van der Waals surface area contributed by atoms with Gasteiger partial charge in [-0.2, -0.15) is 4.31 Å². The minimum atomic E-state index is -3.92. The average molecular weight is 641 g/mol. The maximum absolute atomic E-state index is 13.8. The van der Waals surface area contributed by atoms with Gasteiger partial charge < -0.3 is 14.2 Å². The summed E-state index contributed by atoms with van der Waals surface area (Å²) in [6.07, 6.45) is 4.26. The predicted molar refractivity (Wildman–Crippen MR) is 167 cm³/mol. The number of fused-ring (bicyclic) bond motifs is 1. The van der Waals surface area contributed by atoms with Crippen LogP contribution >= 0.6 is 15.9 Å². The molecule has 0 aliphatic rings. The molecule has 218 valence electrons. The van der Waals surface area contributed by atoms with Gasteiger partial charge in [-0.3, -0.25) is 4.79 Å². The van der Waals surface area contributed by atoms with Crippen molar-refractivity contribution < 1.29 is 17.9 Å². The molecule has 4 aromatic rings. The molecule has 7 nitrogen and oxygen atoms in total. The van der Waals surface area contributed by atoms with Gasteiger partial charge in [0.15, 0.2) is 0 Å². The minimum Gasteiger partial charge on any atom is -0.385 e. The molecule has 0 bridgehead atoms. The van der Waals surface area contributed by atoms with Gasteiger partial charge in [-0.1, -0.05) is 71.7 Å². The summed E-state index contributed by atoms with van der Waals surface area (Å²) in [6.45, 7) is 4.10. The van der Waals surface area contributed by atoms with Crippen LogP contribution in [0.15, 0.2) is 94.4 Å². The second-order valence-corrected chi connectivity index (χ2v) is 13.0. The highest BCUT2D eigenvalue weighted by molar-refractivity contribution is 9.10. The molecule has 41 heavy (non-hydrogen) atoms. The third-order valence-electron chi connectivity index (χ3n) is 7.10. The minimum absolute atomic E-state index is 0.185. The number of carbonyl (C=O) groups is 1. The van der Waals surface area contributed by atoms with Crippen LogP contribution in [-0.4, -0.2) is 61.4 Å². The molecule has 1 aromatic heterocycles. The van der Waals surface area contributed by atoms with Gasteiger partial charge in [-0.05, 0) is 65.6 Å². The number of sulfonamides is 1. The van der Waals surface area contributed by atoms with E-state index in [1.54, 1.807) is 24.1 Å². The molecule has 0 aliphatic carbocycles. The number of hydrogen-bond donors (Lipinski definition) is 0. The van der Waals surface area contributed by atoms with Gasteiger partial charge in [0.25, 0.3) is 0 Å². The van der Waals surface area contributed by atoms with E-state index in [-0.39, 0.29) is 23.9 Å². The first-order valence-corrected chi connectivity index (χ1v) is 16.2. The first-order valence-electron chi connectivity index (χ1n) is 14.0. The number of hydrogen-bond acceptors (Lipinski definition) is 4. The molecule has 0 radical (unpaired) electrons. The van der Waals surface area contributed by atoms with Crippen molar-refractivity contribution in [1.82, 2.24) is 13.8 Å². The normalized spacial score (nSPS) is 11.8. The van der Waals surface area contributed by atoms with Gasteiger partial charge in [0.05, 0.1) is 18.0 Å². The van der Waals surface area contributed by atoms with Crippen LogP contribution in [0.2, 0.25) is 0 Å². The van der Waals surface area contributed by atoms with Crippen molar-refractivity contribution in [3.05, 3.63) is 101 Å². The fourth-order valence-corrected chi connectivity index (χ4v) is 6.50. The van der Waals surface area contributed by atoms with E-state index >= 15 is 0 Å². The van der Waals surface area contributed by atoms with E-state index in [0.29, 0.717) is 32.7 Å². The Bertz CT molecular complexity index is 1540. The lowest BCUT2D eigenvalue weighted by Gasteiger charge is -2.28. The quantitative estimate of drug-likeness (QED) is 0.143. The Labute approximate surface area is 251 Å². The van der Waals surface area contributed by atoms with Crippen LogP contribution in [0.25, 0.3) is 10.8 Å². The van der Waals surface area contributed by atoms with Gasteiger partial charge in [0.2, 0.25) is 15.9 Å². The fourth-order valence-electron chi connectivity index (χ4n) is 4.77. The number of benzene rings is 3. The molecule has 0 saturated carbocycles. The molecule has 3 aromatic carbocycles. The lowest BCUT2D eigenvalue weighted by atomic mass is 10.1. The van der Waals surface area contributed by atoms with E-state index in [1.165, 1.54) is 4.31 Å². The highest BCUT2D eigenvalue weighted by Gasteiger charge is 2.29. The van der Waals surface area contributed by atoms with Crippen molar-refractivity contribution in [2.45, 2.75) is 44.2 Å². The van der Waals surface area contributed by atoms with E-state index < -0.39 is 10.0 Å². The van der Waals surface area contributed by atoms with Crippen molar-refractivity contribution in [3.8, 4) is 0 Å². The number of aromatic nitrogens is 1. The third kappa shape index (κ3) is 8.29. The van der Waals surface area contributed by atoms with E-state index in [4.69, 9.17) is 4.74 Å². The summed E-state index contributed by atoms with van der Waals surface area (Å²) in [5.74, 6) is -0.211. The summed E-state index contributed by atoms with van der Waals surface area (Å²) in [5, 5.41) is 1.80. The first-order chi connectivity index (χ1) is 19.8.